The molecule has 194 valence electrons. The molecule has 0 saturated heterocycles. The van der Waals surface area contributed by atoms with Crippen LogP contribution in [-0.4, -0.2) is 31.1 Å². The van der Waals surface area contributed by atoms with E-state index >= 15 is 0 Å². The van der Waals surface area contributed by atoms with E-state index in [4.69, 9.17) is 10.5 Å². The molecule has 0 aliphatic carbocycles. The van der Waals surface area contributed by atoms with E-state index in [1.54, 1.807) is 4.31 Å². The molecule has 7 heteroatoms. The smallest absolute Gasteiger partial charge is 0.211 e. The summed E-state index contributed by atoms with van der Waals surface area (Å²) in [5.41, 5.74) is 0. The van der Waals surface area contributed by atoms with Crippen molar-refractivity contribution in [2.45, 2.75) is 141 Å². The zero-order chi connectivity index (χ0) is 25.3. The van der Waals surface area contributed by atoms with Crippen molar-refractivity contribution >= 4 is 10.0 Å². The Balaban J connectivity index is 4.67. The summed E-state index contributed by atoms with van der Waals surface area (Å²) >= 11 is 0. The molecule has 0 N–H and O–H groups in total. The fraction of sp³-hybridized carbons (Fsp3) is 0.889. The molecule has 6 nitrogen and oxygen atoms in total. The third-order valence-corrected chi connectivity index (χ3v) is 8.47. The van der Waals surface area contributed by atoms with E-state index < -0.39 is 15.3 Å². The molecule has 0 radical (unpaired) electrons. The highest BCUT2D eigenvalue weighted by molar-refractivity contribution is 7.90. The van der Waals surface area contributed by atoms with Gasteiger partial charge in [0.15, 0.2) is 5.25 Å². The van der Waals surface area contributed by atoms with Gasteiger partial charge in [-0.05, 0) is 32.1 Å². The summed E-state index contributed by atoms with van der Waals surface area (Å²) in [6, 6.07) is 6.43. The van der Waals surface area contributed by atoms with E-state index in [1.165, 1.54) is 0 Å². The van der Waals surface area contributed by atoms with E-state index in [9.17, 15) is 13.7 Å². The molecule has 1 atom stereocenters. The molecule has 0 aliphatic heterocycles. The van der Waals surface area contributed by atoms with Gasteiger partial charge in [-0.15, -0.1) is 0 Å². The van der Waals surface area contributed by atoms with E-state index in [0.717, 1.165) is 109 Å². The molecule has 0 aromatic heterocycles. The van der Waals surface area contributed by atoms with E-state index in [-0.39, 0.29) is 0 Å². The Morgan fingerprint density at radius 2 is 1.03 bits per heavy atom. The van der Waals surface area contributed by atoms with Crippen molar-refractivity contribution in [3.8, 4) is 18.2 Å². The fourth-order valence-electron chi connectivity index (χ4n) is 4.16. The SMILES string of the molecule is CCCCCCCC(C#N)S(=O)(=O)N(CCCCCCCCC#N)CCCCCCCCC#N. The van der Waals surface area contributed by atoms with Gasteiger partial charge in [0.2, 0.25) is 10.0 Å². The Bertz CT molecular complexity index is 674. The van der Waals surface area contributed by atoms with Gasteiger partial charge in [-0.1, -0.05) is 90.4 Å². The summed E-state index contributed by atoms with van der Waals surface area (Å²) in [5.74, 6) is 0. The first-order valence-corrected chi connectivity index (χ1v) is 15.2. The van der Waals surface area contributed by atoms with Gasteiger partial charge in [-0.2, -0.15) is 15.8 Å². The molecule has 0 amide bonds. The molecular weight excluding hydrogens is 444 g/mol. The van der Waals surface area contributed by atoms with Crippen LogP contribution in [0.2, 0.25) is 0 Å². The Morgan fingerprint density at radius 3 is 1.47 bits per heavy atom. The van der Waals surface area contributed by atoms with Crippen LogP contribution in [0.25, 0.3) is 0 Å². The van der Waals surface area contributed by atoms with Gasteiger partial charge in [-0.25, -0.2) is 12.7 Å². The predicted octanol–water partition coefficient (Wildman–Crippen LogP) is 7.38. The van der Waals surface area contributed by atoms with Crippen molar-refractivity contribution in [1.29, 1.82) is 15.8 Å². The summed E-state index contributed by atoms with van der Waals surface area (Å²) in [6.07, 6.45) is 18.7. The fourth-order valence-corrected chi connectivity index (χ4v) is 5.88. The van der Waals surface area contributed by atoms with Gasteiger partial charge in [0.25, 0.3) is 0 Å². The second kappa shape index (κ2) is 23.1. The maximum Gasteiger partial charge on any atom is 0.230 e. The zero-order valence-corrected chi connectivity index (χ0v) is 22.5. The van der Waals surface area contributed by atoms with Crippen molar-refractivity contribution in [3.05, 3.63) is 0 Å². The highest BCUT2D eigenvalue weighted by Crippen LogP contribution is 2.19. The number of nitrogens with zero attached hydrogens (tertiary/aromatic N) is 4. The minimum absolute atomic E-state index is 0.427. The lowest BCUT2D eigenvalue weighted by molar-refractivity contribution is 0.379. The molecule has 0 fully saturated rings. The average Bonchev–Trinajstić information content (AvgIpc) is 2.83. The Hall–Kier alpha value is -1.62. The molecule has 0 aliphatic rings. The number of hydrogen-bond donors (Lipinski definition) is 0. The molecule has 34 heavy (non-hydrogen) atoms. The van der Waals surface area contributed by atoms with E-state index in [0.29, 0.717) is 32.4 Å². The zero-order valence-electron chi connectivity index (χ0n) is 21.6. The van der Waals surface area contributed by atoms with Crippen LogP contribution in [0.15, 0.2) is 0 Å². The molecule has 0 saturated carbocycles. The summed E-state index contributed by atoms with van der Waals surface area (Å²) in [7, 11) is -3.62. The van der Waals surface area contributed by atoms with Gasteiger partial charge in [0, 0.05) is 25.9 Å². The predicted molar refractivity (Wildman–Crippen MR) is 139 cm³/mol. The molecule has 0 spiro atoms. The maximum atomic E-state index is 13.3. The van der Waals surface area contributed by atoms with E-state index in [1.807, 2.05) is 0 Å². The first-order valence-electron chi connectivity index (χ1n) is 13.7. The lowest BCUT2D eigenvalue weighted by Crippen LogP contribution is -2.39. The lowest BCUT2D eigenvalue weighted by atomic mass is 10.1. The molecule has 0 bridgehead atoms. The lowest BCUT2D eigenvalue weighted by Gasteiger charge is -2.25. The van der Waals surface area contributed by atoms with Gasteiger partial charge < -0.3 is 0 Å². The van der Waals surface area contributed by atoms with Crippen molar-refractivity contribution in [2.24, 2.45) is 0 Å². The summed E-state index contributed by atoms with van der Waals surface area (Å²) < 4.78 is 28.2. The first kappa shape index (κ1) is 32.4. The molecule has 0 heterocycles. The van der Waals surface area contributed by atoms with Crippen molar-refractivity contribution in [2.75, 3.05) is 13.1 Å². The van der Waals surface area contributed by atoms with Crippen LogP contribution in [0.5, 0.6) is 0 Å². The van der Waals surface area contributed by atoms with Gasteiger partial charge >= 0.3 is 0 Å². The number of unbranched alkanes of at least 4 members (excludes halogenated alkanes) is 16. The monoisotopic (exact) mass is 492 g/mol. The minimum Gasteiger partial charge on any atom is -0.211 e. The Labute approximate surface area is 210 Å². The van der Waals surface area contributed by atoms with Crippen LogP contribution in [0.4, 0.5) is 0 Å². The van der Waals surface area contributed by atoms with E-state index in [2.05, 4.69) is 25.1 Å². The molecule has 1 unspecified atom stereocenters. The number of nitriles is 3. The summed E-state index contributed by atoms with van der Waals surface area (Å²) in [5, 5.41) is 25.9. The highest BCUT2D eigenvalue weighted by atomic mass is 32.2. The first-order chi connectivity index (χ1) is 16.5. The molecular formula is C27H48N4O2S. The standard InChI is InChI=1S/C27H48N4O2S/c1-2-3-4-11-16-21-27(26-30)34(32,33)31(24-19-14-9-5-7-12-17-22-28)25-20-15-10-6-8-13-18-23-29/h27H,2-21,24-25H2,1H3. The van der Waals surface area contributed by atoms with Gasteiger partial charge in [0.05, 0.1) is 18.2 Å². The Kier molecular flexibility index (Phi) is 22.0. The normalized spacial score (nSPS) is 12.2. The quantitative estimate of drug-likeness (QED) is 0.131. The highest BCUT2D eigenvalue weighted by Gasteiger charge is 2.31. The summed E-state index contributed by atoms with van der Waals surface area (Å²) in [6.45, 7) is 3.15. The maximum absolute atomic E-state index is 13.3. The van der Waals surface area contributed by atoms with Crippen molar-refractivity contribution in [1.82, 2.24) is 4.31 Å². The van der Waals surface area contributed by atoms with Gasteiger partial charge in [0.1, 0.15) is 0 Å². The van der Waals surface area contributed by atoms with Crippen LogP contribution in [0.3, 0.4) is 0 Å². The second-order valence-electron chi connectivity index (χ2n) is 9.32. The largest absolute Gasteiger partial charge is 0.230 e. The van der Waals surface area contributed by atoms with Crippen LogP contribution in [-0.2, 0) is 10.0 Å². The van der Waals surface area contributed by atoms with Crippen LogP contribution in [0, 0.1) is 34.0 Å². The average molecular weight is 493 g/mol. The van der Waals surface area contributed by atoms with Crippen LogP contribution < -0.4 is 0 Å². The van der Waals surface area contributed by atoms with Crippen LogP contribution >= 0.6 is 0 Å². The minimum atomic E-state index is -3.62. The third-order valence-electron chi connectivity index (χ3n) is 6.33. The molecule has 0 aromatic carbocycles. The molecule has 0 aromatic rings. The van der Waals surface area contributed by atoms with Gasteiger partial charge in [-0.3, -0.25) is 0 Å². The molecule has 0 rings (SSSR count). The topological polar surface area (TPSA) is 109 Å². The third kappa shape index (κ3) is 16.9. The number of rotatable bonds is 24. The number of sulfonamides is 1. The van der Waals surface area contributed by atoms with Crippen molar-refractivity contribution < 1.29 is 8.42 Å². The number of hydrogen-bond acceptors (Lipinski definition) is 5. The Morgan fingerprint density at radius 1 is 0.618 bits per heavy atom. The van der Waals surface area contributed by atoms with Crippen LogP contribution in [0.1, 0.15) is 135 Å². The van der Waals surface area contributed by atoms with Crippen molar-refractivity contribution in [3.63, 3.8) is 0 Å². The second-order valence-corrected chi connectivity index (χ2v) is 11.4. The summed E-state index contributed by atoms with van der Waals surface area (Å²) in [4.78, 5) is 0.